The third-order valence-electron chi connectivity index (χ3n) is 7.00. The van der Waals surface area contributed by atoms with Crippen LogP contribution in [-0.4, -0.2) is 24.6 Å². The number of hydrogen-bond acceptors (Lipinski definition) is 3. The van der Waals surface area contributed by atoms with E-state index >= 15 is 0 Å². The highest BCUT2D eigenvalue weighted by Crippen LogP contribution is 2.13. The van der Waals surface area contributed by atoms with Crippen molar-refractivity contribution in [3.8, 4) is 0 Å². The molecular weight excluding hydrogens is 460 g/mol. The Labute approximate surface area is 227 Å². The summed E-state index contributed by atoms with van der Waals surface area (Å²) in [4.78, 5) is 24.9. The third kappa shape index (κ3) is 19.7. The first-order valence-corrected chi connectivity index (χ1v) is 15.4. The van der Waals surface area contributed by atoms with Gasteiger partial charge in [-0.15, -0.1) is 0 Å². The second kappa shape index (κ2) is 24.3. The molecule has 0 bridgehead atoms. The molecule has 37 heavy (non-hydrogen) atoms. The Kier molecular flexibility index (Phi) is 21.7. The second-order valence-electron chi connectivity index (χ2n) is 10.5. The van der Waals surface area contributed by atoms with Crippen molar-refractivity contribution in [3.05, 3.63) is 35.9 Å². The molecule has 0 radical (unpaired) electrons. The van der Waals surface area contributed by atoms with Gasteiger partial charge in [0.15, 0.2) is 0 Å². The van der Waals surface area contributed by atoms with Gasteiger partial charge in [0.1, 0.15) is 12.6 Å². The van der Waals surface area contributed by atoms with Gasteiger partial charge in [-0.1, -0.05) is 153 Å². The Morgan fingerprint density at radius 3 is 1.68 bits per heavy atom. The molecule has 0 saturated heterocycles. The molecule has 5 nitrogen and oxygen atoms in total. The maximum absolute atomic E-state index is 12.6. The number of unbranched alkanes of at least 4 members (excludes halogenated alkanes) is 16. The average Bonchev–Trinajstić information content (AvgIpc) is 2.92. The molecule has 0 spiro atoms. The summed E-state index contributed by atoms with van der Waals surface area (Å²) >= 11 is 0. The fourth-order valence-corrected chi connectivity index (χ4v) is 4.59. The first-order valence-electron chi connectivity index (χ1n) is 15.4. The van der Waals surface area contributed by atoms with Crippen LogP contribution in [0.4, 0.5) is 4.79 Å². The monoisotopic (exact) mass is 516 g/mol. The maximum atomic E-state index is 12.6. The highest BCUT2D eigenvalue weighted by molar-refractivity contribution is 5.85. The van der Waals surface area contributed by atoms with E-state index in [1.165, 1.54) is 89.9 Å². The largest absolute Gasteiger partial charge is 0.445 e. The van der Waals surface area contributed by atoms with E-state index < -0.39 is 12.1 Å². The van der Waals surface area contributed by atoms with E-state index in [1.54, 1.807) is 0 Å². The molecule has 5 heteroatoms. The first kappa shape index (κ1) is 33.0. The number of alkyl carbamates (subject to hydrolysis) is 1. The summed E-state index contributed by atoms with van der Waals surface area (Å²) in [5.41, 5.74) is 0.927. The zero-order valence-electron chi connectivity index (χ0n) is 24.0. The normalized spacial score (nSPS) is 11.7. The van der Waals surface area contributed by atoms with Crippen molar-refractivity contribution in [2.45, 2.75) is 148 Å². The number of rotatable bonds is 24. The molecule has 2 amide bonds. The zero-order valence-corrected chi connectivity index (χ0v) is 24.0. The summed E-state index contributed by atoms with van der Waals surface area (Å²) in [6, 6.07) is 9.02. The molecule has 0 aliphatic carbocycles. The van der Waals surface area contributed by atoms with Crippen LogP contribution in [0.25, 0.3) is 0 Å². The number of nitrogens with one attached hydrogen (secondary N) is 2. The van der Waals surface area contributed by atoms with Crippen LogP contribution in [0, 0.1) is 0 Å². The molecule has 2 N–H and O–H groups in total. The van der Waals surface area contributed by atoms with Crippen LogP contribution < -0.4 is 10.6 Å². The molecule has 1 unspecified atom stereocenters. The Balaban J connectivity index is 2.02. The van der Waals surface area contributed by atoms with E-state index in [0.29, 0.717) is 13.0 Å². The van der Waals surface area contributed by atoms with Gasteiger partial charge in [0.25, 0.3) is 0 Å². The molecule has 0 heterocycles. The number of hydrogen-bond donors (Lipinski definition) is 2. The van der Waals surface area contributed by atoms with E-state index in [0.717, 1.165) is 31.2 Å². The SMILES string of the molecule is CCCCCCCCCCCCCCCCCCNC(=O)C(CCCC)NC(=O)OCc1ccccc1. The van der Waals surface area contributed by atoms with E-state index in [1.807, 2.05) is 30.3 Å². The molecule has 1 aromatic rings. The van der Waals surface area contributed by atoms with Gasteiger partial charge < -0.3 is 15.4 Å². The number of benzene rings is 1. The summed E-state index contributed by atoms with van der Waals surface area (Å²) in [6.45, 7) is 5.23. The summed E-state index contributed by atoms with van der Waals surface area (Å²) in [7, 11) is 0. The minimum Gasteiger partial charge on any atom is -0.445 e. The predicted octanol–water partition coefficient (Wildman–Crippen LogP) is 8.85. The minimum absolute atomic E-state index is 0.105. The van der Waals surface area contributed by atoms with E-state index in [4.69, 9.17) is 4.74 Å². The number of ether oxygens (including phenoxy) is 1. The Hall–Kier alpha value is -2.04. The standard InChI is InChI=1S/C32H56N2O3/c1-3-5-7-8-9-10-11-12-13-14-15-16-17-18-19-23-27-33-31(35)30(26-6-4-2)34-32(36)37-28-29-24-21-20-22-25-29/h20-22,24-25,30H,3-19,23,26-28H2,1-2H3,(H,33,35)(H,34,36). The molecule has 1 rings (SSSR count). The molecule has 1 aromatic carbocycles. The molecule has 0 fully saturated rings. The van der Waals surface area contributed by atoms with Gasteiger partial charge in [-0.25, -0.2) is 4.79 Å². The second-order valence-corrected chi connectivity index (χ2v) is 10.5. The number of carbonyl (C=O) groups excluding carboxylic acids is 2. The smallest absolute Gasteiger partial charge is 0.408 e. The Bertz CT molecular complexity index is 665. The van der Waals surface area contributed by atoms with Crippen LogP contribution in [0.15, 0.2) is 30.3 Å². The van der Waals surface area contributed by atoms with Crippen molar-refractivity contribution in [2.24, 2.45) is 0 Å². The highest BCUT2D eigenvalue weighted by Gasteiger charge is 2.20. The van der Waals surface area contributed by atoms with Crippen molar-refractivity contribution < 1.29 is 14.3 Å². The first-order chi connectivity index (χ1) is 18.2. The zero-order chi connectivity index (χ0) is 26.8. The van der Waals surface area contributed by atoms with Gasteiger partial charge in [0.05, 0.1) is 0 Å². The molecule has 0 aliphatic heterocycles. The lowest BCUT2D eigenvalue weighted by Crippen LogP contribution is -2.47. The minimum atomic E-state index is -0.539. The number of amides is 2. The van der Waals surface area contributed by atoms with E-state index in [-0.39, 0.29) is 12.5 Å². The van der Waals surface area contributed by atoms with Crippen LogP contribution in [0.5, 0.6) is 0 Å². The summed E-state index contributed by atoms with van der Waals surface area (Å²) < 4.78 is 5.30. The van der Waals surface area contributed by atoms with E-state index in [2.05, 4.69) is 24.5 Å². The van der Waals surface area contributed by atoms with Crippen LogP contribution in [0.1, 0.15) is 141 Å². The maximum Gasteiger partial charge on any atom is 0.408 e. The molecule has 1 atom stereocenters. The number of carbonyl (C=O) groups is 2. The van der Waals surface area contributed by atoms with Crippen molar-refractivity contribution >= 4 is 12.0 Å². The van der Waals surface area contributed by atoms with Gasteiger partial charge >= 0.3 is 6.09 Å². The molecule has 0 saturated carbocycles. The van der Waals surface area contributed by atoms with Crippen LogP contribution >= 0.6 is 0 Å². The third-order valence-corrected chi connectivity index (χ3v) is 7.00. The molecule has 0 aromatic heterocycles. The van der Waals surface area contributed by atoms with Crippen LogP contribution in [0.2, 0.25) is 0 Å². The van der Waals surface area contributed by atoms with Gasteiger partial charge in [-0.05, 0) is 18.4 Å². The topological polar surface area (TPSA) is 67.4 Å². The van der Waals surface area contributed by atoms with Crippen molar-refractivity contribution in [2.75, 3.05) is 6.54 Å². The van der Waals surface area contributed by atoms with E-state index in [9.17, 15) is 9.59 Å². The quantitative estimate of drug-likeness (QED) is 0.135. The fourth-order valence-electron chi connectivity index (χ4n) is 4.59. The predicted molar refractivity (Wildman–Crippen MR) is 156 cm³/mol. The lowest BCUT2D eigenvalue weighted by Gasteiger charge is -2.18. The Morgan fingerprint density at radius 2 is 1.16 bits per heavy atom. The van der Waals surface area contributed by atoms with Crippen LogP contribution in [0.3, 0.4) is 0 Å². The Morgan fingerprint density at radius 1 is 0.676 bits per heavy atom. The van der Waals surface area contributed by atoms with Crippen molar-refractivity contribution in [3.63, 3.8) is 0 Å². The van der Waals surface area contributed by atoms with Gasteiger partial charge in [-0.2, -0.15) is 0 Å². The van der Waals surface area contributed by atoms with Gasteiger partial charge in [0.2, 0.25) is 5.91 Å². The van der Waals surface area contributed by atoms with Gasteiger partial charge in [0, 0.05) is 6.54 Å². The molecule has 0 aliphatic rings. The molecular formula is C32H56N2O3. The highest BCUT2D eigenvalue weighted by atomic mass is 16.5. The van der Waals surface area contributed by atoms with Crippen molar-refractivity contribution in [1.82, 2.24) is 10.6 Å². The lowest BCUT2D eigenvalue weighted by molar-refractivity contribution is -0.123. The van der Waals surface area contributed by atoms with Crippen LogP contribution in [-0.2, 0) is 16.1 Å². The van der Waals surface area contributed by atoms with Crippen molar-refractivity contribution in [1.29, 1.82) is 0 Å². The molecule has 212 valence electrons. The lowest BCUT2D eigenvalue weighted by atomic mass is 10.0. The van der Waals surface area contributed by atoms with Gasteiger partial charge in [-0.3, -0.25) is 4.79 Å². The fraction of sp³-hybridized carbons (Fsp3) is 0.750. The summed E-state index contributed by atoms with van der Waals surface area (Å²) in [5, 5.41) is 5.77. The summed E-state index contributed by atoms with van der Waals surface area (Å²) in [5.74, 6) is -0.105. The average molecular weight is 517 g/mol. The summed E-state index contributed by atoms with van der Waals surface area (Å²) in [6.07, 6.45) is 23.3.